The Bertz CT molecular complexity index is 1330. The first-order valence-corrected chi connectivity index (χ1v) is 11.1. The first kappa shape index (κ1) is 23.8. The Morgan fingerprint density at radius 1 is 0.943 bits per heavy atom. The van der Waals surface area contributed by atoms with Gasteiger partial charge < -0.3 is 14.6 Å². The number of rotatable bonds is 6. The van der Waals surface area contributed by atoms with Crippen molar-refractivity contribution in [2.24, 2.45) is 0 Å². The summed E-state index contributed by atoms with van der Waals surface area (Å²) in [7, 11) is 2.78. The van der Waals surface area contributed by atoms with Crippen molar-refractivity contribution in [1.82, 2.24) is 0 Å². The largest absolute Gasteiger partial charge is 0.507 e. The molecule has 1 N–H and O–H groups in total. The molecule has 0 aromatic heterocycles. The van der Waals surface area contributed by atoms with E-state index in [2.05, 4.69) is 0 Å². The molecule has 1 amide bonds. The molecule has 7 nitrogen and oxygen atoms in total. The van der Waals surface area contributed by atoms with E-state index >= 15 is 0 Å². The summed E-state index contributed by atoms with van der Waals surface area (Å²) in [6, 6.07) is 19.5. The van der Waals surface area contributed by atoms with Gasteiger partial charge in [-0.1, -0.05) is 49.4 Å². The zero-order chi connectivity index (χ0) is 25.1. The lowest BCUT2D eigenvalue weighted by molar-refractivity contribution is -0.132. The number of amides is 1. The van der Waals surface area contributed by atoms with Crippen LogP contribution >= 0.6 is 0 Å². The zero-order valence-corrected chi connectivity index (χ0v) is 19.6. The van der Waals surface area contributed by atoms with Crippen molar-refractivity contribution >= 4 is 29.1 Å². The Morgan fingerprint density at radius 3 is 2.31 bits per heavy atom. The normalized spacial score (nSPS) is 16.9. The number of ether oxygens (including phenoxy) is 2. The molecule has 1 saturated heterocycles. The maximum atomic E-state index is 13.3. The molecule has 0 saturated carbocycles. The van der Waals surface area contributed by atoms with Crippen LogP contribution in [0.3, 0.4) is 0 Å². The maximum absolute atomic E-state index is 13.3. The van der Waals surface area contributed by atoms with Crippen LogP contribution in [0.15, 0.2) is 78.4 Å². The number of anilines is 1. The fraction of sp³-hybridized carbons (Fsp3) is 0.179. The van der Waals surface area contributed by atoms with Gasteiger partial charge in [0.2, 0.25) is 0 Å². The Balaban J connectivity index is 1.93. The first-order valence-electron chi connectivity index (χ1n) is 11.1. The van der Waals surface area contributed by atoms with E-state index in [1.165, 1.54) is 25.2 Å². The highest BCUT2D eigenvalue weighted by Gasteiger charge is 2.47. The second kappa shape index (κ2) is 9.85. The first-order chi connectivity index (χ1) is 16.9. The monoisotopic (exact) mass is 471 g/mol. The van der Waals surface area contributed by atoms with Gasteiger partial charge in [0.1, 0.15) is 11.5 Å². The lowest BCUT2D eigenvalue weighted by Crippen LogP contribution is -2.29. The summed E-state index contributed by atoms with van der Waals surface area (Å²) in [5.41, 5.74) is 2.58. The van der Waals surface area contributed by atoms with Crippen LogP contribution < -0.4 is 9.64 Å². The van der Waals surface area contributed by atoms with E-state index in [0.717, 1.165) is 12.0 Å². The van der Waals surface area contributed by atoms with Gasteiger partial charge in [0.15, 0.2) is 0 Å². The summed E-state index contributed by atoms with van der Waals surface area (Å²) in [5, 5.41) is 11.3. The third-order valence-corrected chi connectivity index (χ3v) is 6.04. The van der Waals surface area contributed by atoms with E-state index in [1.54, 1.807) is 54.6 Å². The molecule has 1 fully saturated rings. The Kier molecular flexibility index (Phi) is 6.68. The van der Waals surface area contributed by atoms with Gasteiger partial charge in [0.25, 0.3) is 11.7 Å². The summed E-state index contributed by atoms with van der Waals surface area (Å²) < 4.78 is 10.2. The van der Waals surface area contributed by atoms with Crippen LogP contribution in [0.5, 0.6) is 5.75 Å². The molecule has 178 valence electrons. The second-order valence-corrected chi connectivity index (χ2v) is 8.04. The van der Waals surface area contributed by atoms with Gasteiger partial charge in [-0.2, -0.15) is 0 Å². The number of aliphatic hydroxyl groups is 1. The molecule has 0 aliphatic carbocycles. The van der Waals surface area contributed by atoms with Crippen LogP contribution in [-0.4, -0.2) is 37.0 Å². The van der Waals surface area contributed by atoms with Gasteiger partial charge in [0.05, 0.1) is 31.4 Å². The van der Waals surface area contributed by atoms with E-state index in [-0.39, 0.29) is 16.9 Å². The number of ketones is 1. The fourth-order valence-corrected chi connectivity index (χ4v) is 4.18. The molecule has 1 atom stereocenters. The number of hydrogen-bond donors (Lipinski definition) is 1. The van der Waals surface area contributed by atoms with E-state index in [1.807, 2.05) is 19.1 Å². The molecule has 1 aliphatic heterocycles. The van der Waals surface area contributed by atoms with E-state index < -0.39 is 23.7 Å². The van der Waals surface area contributed by atoms with E-state index in [9.17, 15) is 19.5 Å². The molecule has 3 aromatic rings. The number of hydrogen-bond acceptors (Lipinski definition) is 6. The van der Waals surface area contributed by atoms with Crippen LogP contribution in [0, 0.1) is 0 Å². The minimum absolute atomic E-state index is 0.0454. The topological polar surface area (TPSA) is 93.1 Å². The number of methoxy groups -OCH3 is 2. The second-order valence-electron chi connectivity index (χ2n) is 8.04. The van der Waals surface area contributed by atoms with Crippen LogP contribution in [0.2, 0.25) is 0 Å². The number of aryl methyl sites for hydroxylation is 1. The Labute approximate surface area is 203 Å². The van der Waals surface area contributed by atoms with Gasteiger partial charge in [-0.3, -0.25) is 14.5 Å². The predicted molar refractivity (Wildman–Crippen MR) is 131 cm³/mol. The Hall–Kier alpha value is -4.39. The van der Waals surface area contributed by atoms with Crippen LogP contribution in [0.25, 0.3) is 5.76 Å². The van der Waals surface area contributed by atoms with Crippen LogP contribution in [0.1, 0.15) is 40.0 Å². The number of carbonyl (C=O) groups is 3. The van der Waals surface area contributed by atoms with Gasteiger partial charge >= 0.3 is 5.97 Å². The van der Waals surface area contributed by atoms with Gasteiger partial charge in [0, 0.05) is 11.3 Å². The highest BCUT2D eigenvalue weighted by atomic mass is 16.5. The van der Waals surface area contributed by atoms with Crippen molar-refractivity contribution in [2.45, 2.75) is 19.4 Å². The van der Waals surface area contributed by atoms with Crippen molar-refractivity contribution < 1.29 is 29.0 Å². The molecule has 4 rings (SSSR count). The fourth-order valence-electron chi connectivity index (χ4n) is 4.18. The van der Waals surface area contributed by atoms with Crippen LogP contribution in [-0.2, 0) is 20.7 Å². The minimum Gasteiger partial charge on any atom is -0.507 e. The average molecular weight is 472 g/mol. The van der Waals surface area contributed by atoms with Gasteiger partial charge in [-0.15, -0.1) is 0 Å². The molecule has 1 unspecified atom stereocenters. The summed E-state index contributed by atoms with van der Waals surface area (Å²) in [5.74, 6) is -1.95. The summed E-state index contributed by atoms with van der Waals surface area (Å²) in [6.45, 7) is 2.02. The third kappa shape index (κ3) is 4.40. The number of nitrogens with zero attached hydrogens (tertiary/aromatic N) is 1. The standard InChI is InChI=1S/C28H25NO6/c1-4-17-11-13-18(14-12-17)25(30)23-24(19-7-6-10-22(16-19)34-2)29(27(32)26(23)31)21-9-5-8-20(15-21)28(33)35-3/h5-16,24,30H,4H2,1-3H3/b25-23+. The van der Waals surface area contributed by atoms with Crippen molar-refractivity contribution in [3.8, 4) is 5.75 Å². The van der Waals surface area contributed by atoms with Crippen molar-refractivity contribution in [2.75, 3.05) is 19.1 Å². The van der Waals surface area contributed by atoms with Crippen molar-refractivity contribution in [3.63, 3.8) is 0 Å². The van der Waals surface area contributed by atoms with Gasteiger partial charge in [-0.05, 0) is 47.9 Å². The number of carbonyl (C=O) groups excluding carboxylic acids is 3. The number of benzene rings is 3. The van der Waals surface area contributed by atoms with E-state index in [4.69, 9.17) is 9.47 Å². The zero-order valence-electron chi connectivity index (χ0n) is 19.6. The minimum atomic E-state index is -0.941. The smallest absolute Gasteiger partial charge is 0.337 e. The molecular formula is C28H25NO6. The summed E-state index contributed by atoms with van der Waals surface area (Å²) in [4.78, 5) is 40.0. The molecule has 0 bridgehead atoms. The molecule has 7 heteroatoms. The SMILES string of the molecule is CCc1ccc(/C(O)=C2\C(=O)C(=O)N(c3cccc(C(=O)OC)c3)C2c2cccc(OC)c2)cc1. The molecule has 1 aliphatic rings. The van der Waals surface area contributed by atoms with Crippen LogP contribution in [0.4, 0.5) is 5.69 Å². The third-order valence-electron chi connectivity index (χ3n) is 6.04. The molecule has 1 heterocycles. The average Bonchev–Trinajstić information content (AvgIpc) is 3.18. The van der Waals surface area contributed by atoms with E-state index in [0.29, 0.717) is 22.6 Å². The quantitative estimate of drug-likeness (QED) is 0.243. The summed E-state index contributed by atoms with van der Waals surface area (Å²) in [6.07, 6.45) is 0.825. The lowest BCUT2D eigenvalue weighted by atomic mass is 9.94. The molecular weight excluding hydrogens is 446 g/mol. The molecule has 0 spiro atoms. The number of Topliss-reactive ketones (excluding diaryl/α,β-unsaturated/α-hetero) is 1. The maximum Gasteiger partial charge on any atom is 0.337 e. The van der Waals surface area contributed by atoms with Crippen molar-refractivity contribution in [1.29, 1.82) is 0 Å². The number of aliphatic hydroxyl groups excluding tert-OH is 1. The lowest BCUT2D eigenvalue weighted by Gasteiger charge is -2.26. The molecule has 35 heavy (non-hydrogen) atoms. The predicted octanol–water partition coefficient (Wildman–Crippen LogP) is 4.67. The van der Waals surface area contributed by atoms with Gasteiger partial charge in [-0.25, -0.2) is 4.79 Å². The van der Waals surface area contributed by atoms with Crippen molar-refractivity contribution in [3.05, 3.63) is 101 Å². The highest BCUT2D eigenvalue weighted by molar-refractivity contribution is 6.51. The molecule has 0 radical (unpaired) electrons. The highest BCUT2D eigenvalue weighted by Crippen LogP contribution is 2.43. The number of esters is 1. The molecule has 3 aromatic carbocycles. The summed E-state index contributed by atoms with van der Waals surface area (Å²) >= 11 is 0. The Morgan fingerprint density at radius 2 is 1.66 bits per heavy atom.